The highest BCUT2D eigenvalue weighted by Crippen LogP contribution is 2.29. The maximum Gasteiger partial charge on any atom is 0.123 e. The van der Waals surface area contributed by atoms with Gasteiger partial charge in [-0.1, -0.05) is 31.0 Å². The SMILES string of the molecule is COc1ccccc1[C@@H](C)NC1CCCCC1CN. The first-order valence-electron chi connectivity index (χ1n) is 7.35. The van der Waals surface area contributed by atoms with Crippen LogP contribution in [-0.2, 0) is 0 Å². The monoisotopic (exact) mass is 262 g/mol. The Labute approximate surface area is 116 Å². The van der Waals surface area contributed by atoms with Gasteiger partial charge in [0, 0.05) is 17.6 Å². The van der Waals surface area contributed by atoms with E-state index in [2.05, 4.69) is 24.4 Å². The quantitative estimate of drug-likeness (QED) is 0.858. The van der Waals surface area contributed by atoms with Gasteiger partial charge >= 0.3 is 0 Å². The van der Waals surface area contributed by atoms with Gasteiger partial charge in [0.2, 0.25) is 0 Å². The molecular formula is C16H26N2O. The number of hydrogen-bond acceptors (Lipinski definition) is 3. The molecule has 106 valence electrons. The van der Waals surface area contributed by atoms with Crippen molar-refractivity contribution in [1.29, 1.82) is 0 Å². The van der Waals surface area contributed by atoms with Crippen molar-refractivity contribution in [3.05, 3.63) is 29.8 Å². The van der Waals surface area contributed by atoms with Gasteiger partial charge in [0.1, 0.15) is 5.75 Å². The molecule has 1 aromatic rings. The second-order valence-corrected chi connectivity index (χ2v) is 5.52. The molecule has 0 aliphatic heterocycles. The van der Waals surface area contributed by atoms with E-state index in [4.69, 9.17) is 10.5 Å². The van der Waals surface area contributed by atoms with Crippen LogP contribution in [0.5, 0.6) is 5.75 Å². The fraction of sp³-hybridized carbons (Fsp3) is 0.625. The number of para-hydroxylation sites is 1. The number of nitrogens with two attached hydrogens (primary N) is 1. The average Bonchev–Trinajstić information content (AvgIpc) is 2.47. The molecule has 1 aliphatic rings. The van der Waals surface area contributed by atoms with Gasteiger partial charge in [0.15, 0.2) is 0 Å². The highest BCUT2D eigenvalue weighted by Gasteiger charge is 2.25. The van der Waals surface area contributed by atoms with E-state index in [1.165, 1.54) is 31.2 Å². The van der Waals surface area contributed by atoms with Crippen LogP contribution in [0.3, 0.4) is 0 Å². The minimum atomic E-state index is 0.299. The van der Waals surface area contributed by atoms with Crippen LogP contribution < -0.4 is 15.8 Å². The Morgan fingerprint density at radius 2 is 2.05 bits per heavy atom. The Morgan fingerprint density at radius 1 is 1.32 bits per heavy atom. The molecule has 3 atom stereocenters. The molecule has 3 heteroatoms. The van der Waals surface area contributed by atoms with Crippen molar-refractivity contribution in [2.45, 2.75) is 44.7 Å². The number of hydrogen-bond donors (Lipinski definition) is 2. The van der Waals surface area contributed by atoms with Gasteiger partial charge in [-0.2, -0.15) is 0 Å². The number of ether oxygens (including phenoxy) is 1. The van der Waals surface area contributed by atoms with Crippen molar-refractivity contribution < 1.29 is 4.74 Å². The van der Waals surface area contributed by atoms with Crippen molar-refractivity contribution in [3.63, 3.8) is 0 Å². The summed E-state index contributed by atoms with van der Waals surface area (Å²) >= 11 is 0. The van der Waals surface area contributed by atoms with E-state index in [9.17, 15) is 0 Å². The molecule has 2 rings (SSSR count). The van der Waals surface area contributed by atoms with E-state index < -0.39 is 0 Å². The first-order valence-corrected chi connectivity index (χ1v) is 7.35. The lowest BCUT2D eigenvalue weighted by molar-refractivity contribution is 0.250. The zero-order valence-corrected chi connectivity index (χ0v) is 12.1. The van der Waals surface area contributed by atoms with E-state index in [-0.39, 0.29) is 0 Å². The van der Waals surface area contributed by atoms with Crippen molar-refractivity contribution in [2.75, 3.05) is 13.7 Å². The highest BCUT2D eigenvalue weighted by atomic mass is 16.5. The predicted octanol–water partition coefficient (Wildman–Crippen LogP) is 2.86. The summed E-state index contributed by atoms with van der Waals surface area (Å²) in [6.07, 6.45) is 5.13. The topological polar surface area (TPSA) is 47.3 Å². The van der Waals surface area contributed by atoms with E-state index >= 15 is 0 Å². The van der Waals surface area contributed by atoms with Crippen LogP contribution in [0.1, 0.15) is 44.2 Å². The standard InChI is InChI=1S/C16H26N2O/c1-12(14-8-4-6-10-16(14)19-2)18-15-9-5-3-7-13(15)11-17/h4,6,8,10,12-13,15,18H,3,5,7,9,11,17H2,1-2H3/t12-,13?,15?/m1/s1. The Balaban J connectivity index is 2.05. The molecule has 0 heterocycles. The number of nitrogens with one attached hydrogen (secondary N) is 1. The molecule has 0 amide bonds. The van der Waals surface area contributed by atoms with Crippen molar-refractivity contribution in [2.24, 2.45) is 11.7 Å². The molecule has 2 unspecified atom stereocenters. The van der Waals surface area contributed by atoms with Crippen LogP contribution in [0.4, 0.5) is 0 Å². The first kappa shape index (κ1) is 14.4. The van der Waals surface area contributed by atoms with Crippen LogP contribution in [-0.4, -0.2) is 19.7 Å². The summed E-state index contributed by atoms with van der Waals surface area (Å²) in [6.45, 7) is 3.00. The maximum atomic E-state index is 5.90. The summed E-state index contributed by atoms with van der Waals surface area (Å²) in [5.41, 5.74) is 7.13. The second kappa shape index (κ2) is 6.92. The summed E-state index contributed by atoms with van der Waals surface area (Å²) in [4.78, 5) is 0. The van der Waals surface area contributed by atoms with Gasteiger partial charge in [-0.3, -0.25) is 0 Å². The summed E-state index contributed by atoms with van der Waals surface area (Å²) in [5.74, 6) is 1.58. The lowest BCUT2D eigenvalue weighted by atomic mass is 9.84. The molecular weight excluding hydrogens is 236 g/mol. The predicted molar refractivity (Wildman–Crippen MR) is 79.3 cm³/mol. The van der Waals surface area contributed by atoms with Gasteiger partial charge in [0.05, 0.1) is 7.11 Å². The molecule has 1 aromatic carbocycles. The summed E-state index contributed by atoms with van der Waals surface area (Å²) in [6, 6.07) is 9.08. The first-order chi connectivity index (χ1) is 9.26. The second-order valence-electron chi connectivity index (χ2n) is 5.52. The van der Waals surface area contributed by atoms with Gasteiger partial charge in [-0.05, 0) is 38.3 Å². The summed E-state index contributed by atoms with van der Waals surface area (Å²) in [5, 5.41) is 3.75. The van der Waals surface area contributed by atoms with Gasteiger partial charge in [-0.15, -0.1) is 0 Å². The average molecular weight is 262 g/mol. The number of benzene rings is 1. The number of rotatable bonds is 5. The van der Waals surface area contributed by atoms with Crippen LogP contribution in [0.15, 0.2) is 24.3 Å². The Bertz CT molecular complexity index is 394. The third kappa shape index (κ3) is 3.48. The highest BCUT2D eigenvalue weighted by molar-refractivity contribution is 5.35. The van der Waals surface area contributed by atoms with Crippen LogP contribution in [0.2, 0.25) is 0 Å². The van der Waals surface area contributed by atoms with Crippen LogP contribution in [0.25, 0.3) is 0 Å². The minimum absolute atomic E-state index is 0.299. The number of methoxy groups -OCH3 is 1. The molecule has 1 saturated carbocycles. The van der Waals surface area contributed by atoms with E-state index in [1.807, 2.05) is 12.1 Å². The zero-order chi connectivity index (χ0) is 13.7. The molecule has 1 fully saturated rings. The van der Waals surface area contributed by atoms with Crippen LogP contribution in [0, 0.1) is 5.92 Å². The van der Waals surface area contributed by atoms with Crippen molar-refractivity contribution >= 4 is 0 Å². The van der Waals surface area contributed by atoms with Crippen molar-refractivity contribution in [1.82, 2.24) is 5.32 Å². The molecule has 3 nitrogen and oxygen atoms in total. The lowest BCUT2D eigenvalue weighted by Crippen LogP contribution is -2.42. The molecule has 1 aliphatic carbocycles. The fourth-order valence-electron chi connectivity index (χ4n) is 3.14. The molecule has 0 aromatic heterocycles. The minimum Gasteiger partial charge on any atom is -0.496 e. The molecule has 19 heavy (non-hydrogen) atoms. The molecule has 0 bridgehead atoms. The third-order valence-electron chi connectivity index (χ3n) is 4.28. The van der Waals surface area contributed by atoms with Gasteiger partial charge in [0.25, 0.3) is 0 Å². The Hall–Kier alpha value is -1.06. The third-order valence-corrected chi connectivity index (χ3v) is 4.28. The maximum absolute atomic E-state index is 5.90. The molecule has 0 spiro atoms. The normalized spacial score (nSPS) is 25.0. The summed E-state index contributed by atoms with van der Waals surface area (Å²) < 4.78 is 5.44. The molecule has 0 radical (unpaired) electrons. The molecule has 0 saturated heterocycles. The summed E-state index contributed by atoms with van der Waals surface area (Å²) in [7, 11) is 1.73. The van der Waals surface area contributed by atoms with Gasteiger partial charge in [-0.25, -0.2) is 0 Å². The fourth-order valence-corrected chi connectivity index (χ4v) is 3.14. The van der Waals surface area contributed by atoms with E-state index in [0.29, 0.717) is 18.0 Å². The smallest absolute Gasteiger partial charge is 0.123 e. The van der Waals surface area contributed by atoms with Gasteiger partial charge < -0.3 is 15.8 Å². The lowest BCUT2D eigenvalue weighted by Gasteiger charge is -2.34. The van der Waals surface area contributed by atoms with E-state index in [0.717, 1.165) is 12.3 Å². The zero-order valence-electron chi connectivity index (χ0n) is 12.1. The Morgan fingerprint density at radius 3 is 2.79 bits per heavy atom. The largest absolute Gasteiger partial charge is 0.496 e. The molecule has 3 N–H and O–H groups in total. The van der Waals surface area contributed by atoms with Crippen molar-refractivity contribution in [3.8, 4) is 5.75 Å². The van der Waals surface area contributed by atoms with E-state index in [1.54, 1.807) is 7.11 Å². The Kier molecular flexibility index (Phi) is 5.23. The van der Waals surface area contributed by atoms with Crippen LogP contribution >= 0.6 is 0 Å².